The average Bonchev–Trinajstić information content (AvgIpc) is 2.42. The van der Waals surface area contributed by atoms with Gasteiger partial charge >= 0.3 is 5.97 Å². The average molecular weight is 258 g/mol. The van der Waals surface area contributed by atoms with Crippen molar-refractivity contribution in [3.8, 4) is 17.2 Å². The molecule has 0 amide bonds. The lowest BCUT2D eigenvalue weighted by molar-refractivity contribution is 0.0694. The van der Waals surface area contributed by atoms with E-state index >= 15 is 0 Å². The molecule has 0 bridgehead atoms. The minimum absolute atomic E-state index is 0.119. The summed E-state index contributed by atoms with van der Waals surface area (Å²) in [5.41, 5.74) is 0.119. The topological polar surface area (TPSA) is 55.8 Å². The number of rotatable bonds is 5. The molecule has 0 radical (unpaired) electrons. The summed E-state index contributed by atoms with van der Waals surface area (Å²) in [6, 6.07) is 13.7. The Labute approximate surface area is 111 Å². The maximum absolute atomic E-state index is 11.1. The quantitative estimate of drug-likeness (QED) is 0.890. The van der Waals surface area contributed by atoms with Gasteiger partial charge in [0.1, 0.15) is 11.3 Å². The second-order valence-electron chi connectivity index (χ2n) is 3.78. The van der Waals surface area contributed by atoms with Gasteiger partial charge in [0.15, 0.2) is 11.5 Å². The zero-order valence-corrected chi connectivity index (χ0v) is 10.5. The van der Waals surface area contributed by atoms with Gasteiger partial charge in [-0.2, -0.15) is 0 Å². The summed E-state index contributed by atoms with van der Waals surface area (Å²) in [5, 5.41) is 9.11. The van der Waals surface area contributed by atoms with E-state index in [0.717, 1.165) is 0 Å². The van der Waals surface area contributed by atoms with E-state index in [2.05, 4.69) is 0 Å². The van der Waals surface area contributed by atoms with Gasteiger partial charge in [-0.25, -0.2) is 4.79 Å². The number of carboxylic acids is 1. The number of hydrogen-bond donors (Lipinski definition) is 1. The largest absolute Gasteiger partial charge is 0.490 e. The molecule has 0 aliphatic rings. The molecule has 0 aromatic heterocycles. The van der Waals surface area contributed by atoms with E-state index in [-0.39, 0.29) is 5.56 Å². The lowest BCUT2D eigenvalue weighted by Gasteiger charge is -2.12. The van der Waals surface area contributed by atoms with Crippen LogP contribution in [0.4, 0.5) is 0 Å². The first-order valence-electron chi connectivity index (χ1n) is 5.94. The fraction of sp³-hybridized carbons (Fsp3) is 0.133. The Balaban J connectivity index is 2.34. The summed E-state index contributed by atoms with van der Waals surface area (Å²) in [7, 11) is 0. The number of carboxylic acid groups (broad SMARTS) is 1. The lowest BCUT2D eigenvalue weighted by Crippen LogP contribution is -2.00. The van der Waals surface area contributed by atoms with Crippen LogP contribution in [-0.2, 0) is 0 Å². The smallest absolute Gasteiger partial charge is 0.339 e. The predicted molar refractivity (Wildman–Crippen MR) is 71.1 cm³/mol. The van der Waals surface area contributed by atoms with Crippen molar-refractivity contribution in [2.24, 2.45) is 0 Å². The number of para-hydroxylation sites is 3. The Morgan fingerprint density at radius 1 is 1.00 bits per heavy atom. The monoisotopic (exact) mass is 258 g/mol. The number of benzene rings is 2. The SMILES string of the molecule is CCOc1ccccc1Oc1ccccc1C(=O)O. The van der Waals surface area contributed by atoms with E-state index in [1.165, 1.54) is 6.07 Å². The van der Waals surface area contributed by atoms with Gasteiger partial charge in [-0.15, -0.1) is 0 Å². The third-order valence-electron chi connectivity index (χ3n) is 2.49. The van der Waals surface area contributed by atoms with Gasteiger partial charge in [0.05, 0.1) is 6.61 Å². The van der Waals surface area contributed by atoms with Crippen molar-refractivity contribution in [2.45, 2.75) is 6.92 Å². The van der Waals surface area contributed by atoms with Crippen molar-refractivity contribution in [3.63, 3.8) is 0 Å². The second-order valence-corrected chi connectivity index (χ2v) is 3.78. The maximum Gasteiger partial charge on any atom is 0.339 e. The molecule has 0 aliphatic heterocycles. The van der Waals surface area contributed by atoms with Crippen LogP contribution in [0.15, 0.2) is 48.5 Å². The highest BCUT2D eigenvalue weighted by Gasteiger charge is 2.12. The molecule has 1 N–H and O–H groups in total. The summed E-state index contributed by atoms with van der Waals surface area (Å²) >= 11 is 0. The molecule has 0 saturated heterocycles. The van der Waals surface area contributed by atoms with Crippen LogP contribution >= 0.6 is 0 Å². The summed E-state index contributed by atoms with van der Waals surface area (Å²) in [5.74, 6) is 0.356. The fourth-order valence-corrected chi connectivity index (χ4v) is 1.66. The molecule has 4 heteroatoms. The molecule has 2 rings (SSSR count). The molecule has 2 aromatic carbocycles. The number of hydrogen-bond acceptors (Lipinski definition) is 3. The lowest BCUT2D eigenvalue weighted by atomic mass is 10.2. The summed E-state index contributed by atoms with van der Waals surface area (Å²) in [6.07, 6.45) is 0. The Hall–Kier alpha value is -2.49. The Morgan fingerprint density at radius 3 is 2.21 bits per heavy atom. The first-order valence-corrected chi connectivity index (χ1v) is 5.94. The van der Waals surface area contributed by atoms with Gasteiger partial charge in [0.2, 0.25) is 0 Å². The van der Waals surface area contributed by atoms with Crippen molar-refractivity contribution in [3.05, 3.63) is 54.1 Å². The van der Waals surface area contributed by atoms with Crippen molar-refractivity contribution < 1.29 is 19.4 Å². The molecular formula is C15H14O4. The van der Waals surface area contributed by atoms with E-state index in [4.69, 9.17) is 14.6 Å². The van der Waals surface area contributed by atoms with Crippen LogP contribution in [0.1, 0.15) is 17.3 Å². The fourth-order valence-electron chi connectivity index (χ4n) is 1.66. The maximum atomic E-state index is 11.1. The molecule has 0 unspecified atom stereocenters. The Morgan fingerprint density at radius 2 is 1.58 bits per heavy atom. The molecule has 98 valence electrons. The highest BCUT2D eigenvalue weighted by molar-refractivity contribution is 5.90. The summed E-state index contributed by atoms with van der Waals surface area (Å²) in [6.45, 7) is 2.39. The zero-order chi connectivity index (χ0) is 13.7. The van der Waals surface area contributed by atoms with Crippen LogP contribution in [0, 0.1) is 0 Å². The number of carbonyl (C=O) groups is 1. The summed E-state index contributed by atoms with van der Waals surface area (Å²) in [4.78, 5) is 11.1. The molecule has 0 aliphatic carbocycles. The first-order chi connectivity index (χ1) is 9.22. The number of ether oxygens (including phenoxy) is 2. The van der Waals surface area contributed by atoms with Gasteiger partial charge in [0.25, 0.3) is 0 Å². The predicted octanol–water partition coefficient (Wildman–Crippen LogP) is 3.58. The van der Waals surface area contributed by atoms with Crippen LogP contribution in [-0.4, -0.2) is 17.7 Å². The van der Waals surface area contributed by atoms with Crippen molar-refractivity contribution >= 4 is 5.97 Å². The third-order valence-corrected chi connectivity index (χ3v) is 2.49. The van der Waals surface area contributed by atoms with Crippen molar-refractivity contribution in [1.29, 1.82) is 0 Å². The van der Waals surface area contributed by atoms with Crippen LogP contribution in [0.25, 0.3) is 0 Å². The zero-order valence-electron chi connectivity index (χ0n) is 10.5. The molecule has 0 spiro atoms. The van der Waals surface area contributed by atoms with Crippen LogP contribution in [0.2, 0.25) is 0 Å². The van der Waals surface area contributed by atoms with E-state index in [0.29, 0.717) is 23.9 Å². The van der Waals surface area contributed by atoms with Crippen LogP contribution in [0.5, 0.6) is 17.2 Å². The van der Waals surface area contributed by atoms with Crippen molar-refractivity contribution in [2.75, 3.05) is 6.61 Å². The van der Waals surface area contributed by atoms with E-state index in [1.807, 2.05) is 13.0 Å². The summed E-state index contributed by atoms with van der Waals surface area (Å²) < 4.78 is 11.1. The van der Waals surface area contributed by atoms with Crippen molar-refractivity contribution in [1.82, 2.24) is 0 Å². The van der Waals surface area contributed by atoms with Gasteiger partial charge in [-0.1, -0.05) is 24.3 Å². The minimum Gasteiger partial charge on any atom is -0.490 e. The highest BCUT2D eigenvalue weighted by atomic mass is 16.5. The molecule has 0 heterocycles. The van der Waals surface area contributed by atoms with E-state index in [9.17, 15) is 4.79 Å². The molecule has 0 fully saturated rings. The molecule has 2 aromatic rings. The van der Waals surface area contributed by atoms with Gasteiger partial charge in [-0.3, -0.25) is 0 Å². The standard InChI is InChI=1S/C15H14O4/c1-2-18-13-9-5-6-10-14(13)19-12-8-4-3-7-11(12)15(16)17/h3-10H,2H2,1H3,(H,16,17). The van der Waals surface area contributed by atoms with Gasteiger partial charge in [-0.05, 0) is 31.2 Å². The molecule has 0 saturated carbocycles. The van der Waals surface area contributed by atoms with Gasteiger partial charge in [0, 0.05) is 0 Å². The Bertz CT molecular complexity index is 578. The Kier molecular flexibility index (Phi) is 4.03. The molecular weight excluding hydrogens is 244 g/mol. The minimum atomic E-state index is -1.02. The van der Waals surface area contributed by atoms with E-state index in [1.54, 1.807) is 36.4 Å². The van der Waals surface area contributed by atoms with Gasteiger partial charge < -0.3 is 14.6 Å². The van der Waals surface area contributed by atoms with E-state index < -0.39 is 5.97 Å². The highest BCUT2D eigenvalue weighted by Crippen LogP contribution is 2.32. The molecule has 0 atom stereocenters. The van der Waals surface area contributed by atoms with Crippen LogP contribution in [0.3, 0.4) is 0 Å². The first kappa shape index (κ1) is 13.0. The molecule has 4 nitrogen and oxygen atoms in total. The normalized spacial score (nSPS) is 9.95. The number of aromatic carboxylic acids is 1. The molecule has 19 heavy (non-hydrogen) atoms. The second kappa shape index (κ2) is 5.91. The van der Waals surface area contributed by atoms with Crippen LogP contribution < -0.4 is 9.47 Å². The third kappa shape index (κ3) is 3.04.